The molecule has 4 heterocycles. The van der Waals surface area contributed by atoms with E-state index in [0.717, 1.165) is 52.0 Å². The van der Waals surface area contributed by atoms with Gasteiger partial charge in [-0.25, -0.2) is 45.2 Å². The van der Waals surface area contributed by atoms with Gasteiger partial charge in [-0.15, -0.1) is 0 Å². The summed E-state index contributed by atoms with van der Waals surface area (Å²) in [4.78, 5) is 41.3. The van der Waals surface area contributed by atoms with E-state index in [1.165, 1.54) is 62.9 Å². The number of sulfonamides is 2. The fourth-order valence-corrected chi connectivity index (χ4v) is 8.32. The van der Waals surface area contributed by atoms with Gasteiger partial charge in [0.05, 0.1) is 26.7 Å². The van der Waals surface area contributed by atoms with Gasteiger partial charge in [0.2, 0.25) is 25.8 Å². The Morgan fingerprint density at radius 1 is 0.618 bits per heavy atom. The number of ether oxygens (including phenoxy) is 2. The summed E-state index contributed by atoms with van der Waals surface area (Å²) in [6.07, 6.45) is 5.52. The number of anilines is 2. The number of carbonyl (C=O) groups excluding carboxylic acids is 2. The highest BCUT2D eigenvalue weighted by Gasteiger charge is 2.31. The molecule has 0 unspecified atom stereocenters. The molecule has 0 saturated carbocycles. The molecular weight excluding hydrogens is 951 g/mol. The molecular formula is C45H42F2N6O12S3. The maximum atomic E-state index is 13.4. The third-order valence-electron chi connectivity index (χ3n) is 10.2. The standard InChI is InChI=1S/C26H24FN3O7S2.C19H18FN3O5S/c1-16-5-11-20(12-6-16)39(34,35)37-24-22-21(14-18(15-28-22)13-17-7-9-19(27)10-8-17)25(30(2)38(4,32)33)29-23(24)26(31)36-3;1-23(29(3,26)27)18-14-9-12(8-11-4-6-13(20)7-5-11)10-21-15(14)17(24)16(22-18)19(25)28-2/h5-12,14-15H,13H2,1-4H3;4-7,9-10,24H,8H2,1-3H3. The number of aryl methyl sites for hydroxylation is 1. The zero-order valence-corrected chi connectivity index (χ0v) is 39.7. The van der Waals surface area contributed by atoms with Crippen LogP contribution in [0.5, 0.6) is 11.5 Å². The molecule has 4 aromatic heterocycles. The number of aromatic nitrogens is 4. The molecule has 68 heavy (non-hydrogen) atoms. The Morgan fingerprint density at radius 2 is 1.03 bits per heavy atom. The first-order chi connectivity index (χ1) is 31.9. The Bertz CT molecular complexity index is 3420. The monoisotopic (exact) mass is 992 g/mol. The molecule has 1 N–H and O–H groups in total. The van der Waals surface area contributed by atoms with Gasteiger partial charge in [0.1, 0.15) is 27.6 Å². The lowest BCUT2D eigenvalue weighted by Crippen LogP contribution is -2.27. The molecule has 0 aliphatic carbocycles. The summed E-state index contributed by atoms with van der Waals surface area (Å²) in [6.45, 7) is 1.79. The third-order valence-corrected chi connectivity index (χ3v) is 13.8. The number of benzene rings is 3. The van der Waals surface area contributed by atoms with Gasteiger partial charge in [-0.1, -0.05) is 42.0 Å². The van der Waals surface area contributed by atoms with Crippen molar-refractivity contribution < 1.29 is 62.4 Å². The number of nitrogens with zero attached hydrogens (tertiary/aromatic N) is 6. The highest BCUT2D eigenvalue weighted by Crippen LogP contribution is 2.38. The molecule has 18 nitrogen and oxygen atoms in total. The SMILES string of the molecule is COC(=O)c1nc(N(C)S(C)(=O)=O)c2cc(Cc3ccc(F)cc3)cnc2c1O.COC(=O)c1nc(N(C)S(C)(=O)=O)c2cc(Cc3ccc(F)cc3)cnc2c1OS(=O)(=O)c1ccc(C)cc1. The minimum absolute atomic E-state index is 0.00811. The summed E-state index contributed by atoms with van der Waals surface area (Å²) in [5.41, 5.74) is 2.50. The zero-order chi connectivity index (χ0) is 49.9. The number of aromatic hydroxyl groups is 1. The molecule has 0 aliphatic heterocycles. The Kier molecular flexibility index (Phi) is 14.6. The lowest BCUT2D eigenvalue weighted by molar-refractivity contribution is 0.0582. The molecule has 0 fully saturated rings. The molecule has 0 spiro atoms. The Balaban J connectivity index is 0.000000234. The summed E-state index contributed by atoms with van der Waals surface area (Å²) in [5, 5.41) is 10.8. The minimum Gasteiger partial charge on any atom is -0.504 e. The number of esters is 2. The molecule has 0 amide bonds. The van der Waals surface area contributed by atoms with Gasteiger partial charge in [-0.05, 0) is 90.6 Å². The van der Waals surface area contributed by atoms with E-state index >= 15 is 0 Å². The van der Waals surface area contributed by atoms with Gasteiger partial charge in [0, 0.05) is 37.3 Å². The quantitative estimate of drug-likeness (QED) is 0.105. The molecule has 0 bridgehead atoms. The molecule has 3 aromatic carbocycles. The second-order valence-electron chi connectivity index (χ2n) is 15.1. The van der Waals surface area contributed by atoms with E-state index in [0.29, 0.717) is 24.0 Å². The normalized spacial score (nSPS) is 11.7. The summed E-state index contributed by atoms with van der Waals surface area (Å²) in [7, 11) is -7.37. The summed E-state index contributed by atoms with van der Waals surface area (Å²) in [5.74, 6) is -4.04. The predicted octanol–water partition coefficient (Wildman–Crippen LogP) is 5.87. The second kappa shape index (κ2) is 19.8. The molecule has 7 aromatic rings. The van der Waals surface area contributed by atoms with E-state index in [4.69, 9.17) is 8.92 Å². The maximum absolute atomic E-state index is 13.4. The van der Waals surface area contributed by atoms with Crippen molar-refractivity contribution >= 4 is 75.5 Å². The van der Waals surface area contributed by atoms with Crippen LogP contribution < -0.4 is 12.8 Å². The van der Waals surface area contributed by atoms with Crippen LogP contribution >= 0.6 is 0 Å². The van der Waals surface area contributed by atoms with Crippen LogP contribution in [0.1, 0.15) is 48.8 Å². The van der Waals surface area contributed by atoms with Crippen LogP contribution in [0.2, 0.25) is 0 Å². The lowest BCUT2D eigenvalue weighted by Gasteiger charge is -2.20. The van der Waals surface area contributed by atoms with E-state index in [-0.39, 0.29) is 44.2 Å². The van der Waals surface area contributed by atoms with Gasteiger partial charge in [0.25, 0.3) is 0 Å². The summed E-state index contributed by atoms with van der Waals surface area (Å²) < 4.78 is 118. The van der Waals surface area contributed by atoms with E-state index in [9.17, 15) is 48.7 Å². The average Bonchev–Trinajstić information content (AvgIpc) is 3.29. The topological polar surface area (TPSA) is 243 Å². The average molecular weight is 993 g/mol. The fraction of sp³-hybridized carbons (Fsp3) is 0.200. The smallest absolute Gasteiger partial charge is 0.360 e. The van der Waals surface area contributed by atoms with Crippen molar-refractivity contribution in [2.45, 2.75) is 24.7 Å². The number of pyridine rings is 4. The second-order valence-corrected chi connectivity index (χ2v) is 20.7. The lowest BCUT2D eigenvalue weighted by atomic mass is 10.0. The van der Waals surface area contributed by atoms with Crippen LogP contribution in [0.3, 0.4) is 0 Å². The minimum atomic E-state index is -4.47. The first-order valence-corrected chi connectivity index (χ1v) is 24.9. The molecule has 23 heteroatoms. The van der Waals surface area contributed by atoms with E-state index < -0.39 is 70.8 Å². The van der Waals surface area contributed by atoms with E-state index in [1.807, 2.05) is 0 Å². The Labute approximate surface area is 390 Å². The number of hydrogen-bond acceptors (Lipinski definition) is 16. The van der Waals surface area contributed by atoms with Crippen LogP contribution in [-0.2, 0) is 52.5 Å². The van der Waals surface area contributed by atoms with Crippen LogP contribution in [0.25, 0.3) is 21.8 Å². The van der Waals surface area contributed by atoms with E-state index in [1.54, 1.807) is 55.5 Å². The van der Waals surface area contributed by atoms with Crippen LogP contribution in [-0.4, -0.2) is 103 Å². The molecule has 0 radical (unpaired) electrons. The molecule has 356 valence electrons. The van der Waals surface area contributed by atoms with Crippen molar-refractivity contribution in [3.05, 3.63) is 148 Å². The van der Waals surface area contributed by atoms with Crippen LogP contribution in [0.15, 0.2) is 102 Å². The zero-order valence-electron chi connectivity index (χ0n) is 37.3. The van der Waals surface area contributed by atoms with Gasteiger partial charge in [-0.2, -0.15) is 8.42 Å². The fourth-order valence-electron chi connectivity index (χ4n) is 6.47. The van der Waals surface area contributed by atoms with Crippen LogP contribution in [0.4, 0.5) is 20.4 Å². The summed E-state index contributed by atoms with van der Waals surface area (Å²) >= 11 is 0. The first kappa shape index (κ1) is 50.1. The van der Waals surface area contributed by atoms with Gasteiger partial charge in [0.15, 0.2) is 28.8 Å². The highest BCUT2D eigenvalue weighted by atomic mass is 32.2. The molecule has 7 rings (SSSR count). The van der Waals surface area contributed by atoms with Crippen molar-refractivity contribution in [2.75, 3.05) is 49.4 Å². The van der Waals surface area contributed by atoms with Crippen molar-refractivity contribution in [1.29, 1.82) is 0 Å². The predicted molar refractivity (Wildman–Crippen MR) is 247 cm³/mol. The van der Waals surface area contributed by atoms with Crippen molar-refractivity contribution in [2.24, 2.45) is 0 Å². The Hall–Kier alpha value is -7.37. The third kappa shape index (κ3) is 11.2. The van der Waals surface area contributed by atoms with E-state index in [2.05, 4.69) is 24.7 Å². The van der Waals surface area contributed by atoms with Crippen molar-refractivity contribution in [3.8, 4) is 11.5 Å². The number of hydrogen-bond donors (Lipinski definition) is 1. The number of rotatable bonds is 13. The van der Waals surface area contributed by atoms with Crippen LogP contribution in [0, 0.1) is 18.6 Å². The first-order valence-electron chi connectivity index (χ1n) is 19.8. The highest BCUT2D eigenvalue weighted by molar-refractivity contribution is 7.92. The van der Waals surface area contributed by atoms with Crippen molar-refractivity contribution in [3.63, 3.8) is 0 Å². The van der Waals surface area contributed by atoms with Crippen molar-refractivity contribution in [1.82, 2.24) is 19.9 Å². The van der Waals surface area contributed by atoms with Gasteiger partial charge >= 0.3 is 22.1 Å². The molecule has 0 aliphatic rings. The maximum Gasteiger partial charge on any atom is 0.360 e. The van der Waals surface area contributed by atoms with Gasteiger partial charge < -0.3 is 18.8 Å². The Morgan fingerprint density at radius 3 is 1.47 bits per heavy atom. The molecule has 0 saturated heterocycles. The largest absolute Gasteiger partial charge is 0.504 e. The number of halogens is 2. The molecule has 0 atom stereocenters. The van der Waals surface area contributed by atoms with Gasteiger partial charge in [-0.3, -0.25) is 18.6 Å². The number of carbonyl (C=O) groups is 2. The number of methoxy groups -OCH3 is 2. The summed E-state index contributed by atoms with van der Waals surface area (Å²) in [6, 6.07) is 20.7. The number of fused-ring (bicyclic) bond motifs is 2.